The normalized spacial score (nSPS) is 16.5. The zero-order valence-electron chi connectivity index (χ0n) is 16.3. The number of pyridine rings is 1. The van der Waals surface area contributed by atoms with Crippen LogP contribution in [0.25, 0.3) is 17.1 Å². The first-order valence-electron chi connectivity index (χ1n) is 10.1. The molecule has 3 aromatic rings. The van der Waals surface area contributed by atoms with Gasteiger partial charge < -0.3 is 4.90 Å². The zero-order valence-corrected chi connectivity index (χ0v) is 16.3. The fraction of sp³-hybridized carbons (Fsp3) is 0.348. The van der Waals surface area contributed by atoms with Crippen LogP contribution < -0.4 is 4.90 Å². The molecule has 0 bridgehead atoms. The molecule has 1 aliphatic heterocycles. The smallest absolute Gasteiger partial charge is 0.259 e. The van der Waals surface area contributed by atoms with Crippen LogP contribution in [0.3, 0.4) is 0 Å². The molecule has 3 heterocycles. The molecule has 28 heavy (non-hydrogen) atoms. The van der Waals surface area contributed by atoms with E-state index in [4.69, 9.17) is 4.98 Å². The lowest BCUT2D eigenvalue weighted by atomic mass is 10.1. The molecular formula is C23H24N4O. The minimum Gasteiger partial charge on any atom is -0.307 e. The standard InChI is InChI=1S/C23H24N4O/c1-15(2)27-22-19(14-24-27)18(13-20(25-22)16-10-11-16)23(28)26-12-6-5-8-17-7-3-4-9-21(17)26/h3-5,7-9,13-16H,6,10-12H2,1-2H3. The van der Waals surface area contributed by atoms with Gasteiger partial charge in [0.15, 0.2) is 5.65 Å². The summed E-state index contributed by atoms with van der Waals surface area (Å²) in [6, 6.07) is 10.3. The fourth-order valence-electron chi connectivity index (χ4n) is 3.95. The Bertz CT molecular complexity index is 1090. The molecule has 1 aliphatic carbocycles. The summed E-state index contributed by atoms with van der Waals surface area (Å²) in [5, 5.41) is 5.38. The zero-order chi connectivity index (χ0) is 19.3. The van der Waals surface area contributed by atoms with Gasteiger partial charge in [-0.15, -0.1) is 0 Å². The van der Waals surface area contributed by atoms with E-state index in [1.807, 2.05) is 33.8 Å². The number of carbonyl (C=O) groups is 1. The van der Waals surface area contributed by atoms with E-state index in [0.29, 0.717) is 12.5 Å². The van der Waals surface area contributed by atoms with Crippen LogP contribution in [0.1, 0.15) is 66.7 Å². The Morgan fingerprint density at radius 1 is 1.21 bits per heavy atom. The average Bonchev–Trinajstić information content (AvgIpc) is 3.49. The lowest BCUT2D eigenvalue weighted by Gasteiger charge is -2.23. The third-order valence-corrected chi connectivity index (χ3v) is 5.59. The number of amides is 1. The van der Waals surface area contributed by atoms with E-state index in [1.165, 1.54) is 0 Å². The SMILES string of the molecule is CC(C)n1ncc2c(C(=O)N3CCC=Cc4ccccc43)cc(C3CC3)nc21. The van der Waals surface area contributed by atoms with Crippen LogP contribution in [0, 0.1) is 0 Å². The summed E-state index contributed by atoms with van der Waals surface area (Å²) in [6.07, 6.45) is 9.19. The van der Waals surface area contributed by atoms with Crippen LogP contribution in [0.15, 0.2) is 42.6 Å². The Labute approximate surface area is 164 Å². The number of hydrogen-bond donors (Lipinski definition) is 0. The maximum absolute atomic E-state index is 13.7. The van der Waals surface area contributed by atoms with Gasteiger partial charge in [0.1, 0.15) is 0 Å². The number of fused-ring (bicyclic) bond motifs is 2. The predicted molar refractivity (Wildman–Crippen MR) is 112 cm³/mol. The number of nitrogens with zero attached hydrogens (tertiary/aromatic N) is 4. The van der Waals surface area contributed by atoms with Crippen molar-refractivity contribution in [3.8, 4) is 0 Å². The molecular weight excluding hydrogens is 348 g/mol. The average molecular weight is 372 g/mol. The Hall–Kier alpha value is -2.95. The van der Waals surface area contributed by atoms with Crippen molar-refractivity contribution in [1.82, 2.24) is 14.8 Å². The summed E-state index contributed by atoms with van der Waals surface area (Å²) in [5.41, 5.74) is 4.62. The molecule has 0 radical (unpaired) electrons. The summed E-state index contributed by atoms with van der Waals surface area (Å²) in [4.78, 5) is 20.5. The molecule has 0 unspecified atom stereocenters. The third-order valence-electron chi connectivity index (χ3n) is 5.59. The molecule has 5 heteroatoms. The van der Waals surface area contributed by atoms with E-state index in [2.05, 4.69) is 37.2 Å². The first-order chi connectivity index (χ1) is 13.6. The van der Waals surface area contributed by atoms with E-state index in [9.17, 15) is 4.79 Å². The second-order valence-corrected chi connectivity index (χ2v) is 8.00. The molecule has 5 nitrogen and oxygen atoms in total. The highest BCUT2D eigenvalue weighted by Gasteiger charge is 2.30. The Kier molecular flexibility index (Phi) is 4.04. The number of aromatic nitrogens is 3. The van der Waals surface area contributed by atoms with Crippen molar-refractivity contribution in [1.29, 1.82) is 0 Å². The van der Waals surface area contributed by atoms with Crippen molar-refractivity contribution in [2.24, 2.45) is 0 Å². The molecule has 0 saturated heterocycles. The van der Waals surface area contributed by atoms with Crippen LogP contribution in [-0.2, 0) is 0 Å². The molecule has 1 aromatic carbocycles. The molecule has 0 spiro atoms. The molecule has 2 aliphatic rings. The second-order valence-electron chi connectivity index (χ2n) is 8.00. The highest BCUT2D eigenvalue weighted by atomic mass is 16.2. The van der Waals surface area contributed by atoms with Gasteiger partial charge in [0.25, 0.3) is 5.91 Å². The van der Waals surface area contributed by atoms with Gasteiger partial charge in [-0.3, -0.25) is 4.79 Å². The first kappa shape index (κ1) is 17.2. The van der Waals surface area contributed by atoms with Gasteiger partial charge in [0, 0.05) is 24.2 Å². The van der Waals surface area contributed by atoms with Crippen LogP contribution in [-0.4, -0.2) is 27.2 Å². The van der Waals surface area contributed by atoms with Crippen molar-refractivity contribution in [3.05, 3.63) is 59.4 Å². The van der Waals surface area contributed by atoms with E-state index < -0.39 is 0 Å². The topological polar surface area (TPSA) is 51.0 Å². The molecule has 2 aromatic heterocycles. The van der Waals surface area contributed by atoms with E-state index >= 15 is 0 Å². The number of rotatable bonds is 3. The molecule has 0 N–H and O–H groups in total. The minimum atomic E-state index is 0.0359. The van der Waals surface area contributed by atoms with Gasteiger partial charge in [-0.2, -0.15) is 5.10 Å². The summed E-state index contributed by atoms with van der Waals surface area (Å²) in [5.74, 6) is 0.512. The highest BCUT2D eigenvalue weighted by Crippen LogP contribution is 2.40. The van der Waals surface area contributed by atoms with Crippen molar-refractivity contribution >= 4 is 28.7 Å². The number of anilines is 1. The Morgan fingerprint density at radius 2 is 2.04 bits per heavy atom. The fourth-order valence-corrected chi connectivity index (χ4v) is 3.95. The van der Waals surface area contributed by atoms with Crippen LogP contribution in [0.2, 0.25) is 0 Å². The van der Waals surface area contributed by atoms with Gasteiger partial charge in [0.05, 0.1) is 22.8 Å². The molecule has 5 rings (SSSR count). The van der Waals surface area contributed by atoms with E-state index in [0.717, 1.165) is 52.8 Å². The highest BCUT2D eigenvalue weighted by molar-refractivity contribution is 6.14. The number of carbonyl (C=O) groups excluding carboxylic acids is 1. The Balaban J connectivity index is 1.66. The summed E-state index contributed by atoms with van der Waals surface area (Å²) in [6.45, 7) is 4.86. The molecule has 142 valence electrons. The monoisotopic (exact) mass is 372 g/mol. The van der Waals surface area contributed by atoms with Gasteiger partial charge in [-0.25, -0.2) is 9.67 Å². The summed E-state index contributed by atoms with van der Waals surface area (Å²) < 4.78 is 1.93. The van der Waals surface area contributed by atoms with Crippen LogP contribution in [0.5, 0.6) is 0 Å². The van der Waals surface area contributed by atoms with Gasteiger partial charge in [0.2, 0.25) is 0 Å². The number of para-hydroxylation sites is 1. The van der Waals surface area contributed by atoms with Gasteiger partial charge in [-0.1, -0.05) is 30.4 Å². The summed E-state index contributed by atoms with van der Waals surface area (Å²) >= 11 is 0. The maximum Gasteiger partial charge on any atom is 0.259 e. The molecule has 1 amide bonds. The van der Waals surface area contributed by atoms with Crippen LogP contribution in [0.4, 0.5) is 5.69 Å². The lowest BCUT2D eigenvalue weighted by molar-refractivity contribution is 0.0989. The largest absolute Gasteiger partial charge is 0.307 e. The van der Waals surface area contributed by atoms with E-state index in [-0.39, 0.29) is 11.9 Å². The van der Waals surface area contributed by atoms with Gasteiger partial charge >= 0.3 is 0 Å². The molecule has 0 atom stereocenters. The van der Waals surface area contributed by atoms with E-state index in [1.54, 1.807) is 6.20 Å². The lowest BCUT2D eigenvalue weighted by Crippen LogP contribution is -2.32. The predicted octanol–water partition coefficient (Wildman–Crippen LogP) is 4.95. The van der Waals surface area contributed by atoms with Crippen LogP contribution >= 0.6 is 0 Å². The maximum atomic E-state index is 13.7. The quantitative estimate of drug-likeness (QED) is 0.653. The third kappa shape index (κ3) is 2.82. The molecule has 1 saturated carbocycles. The van der Waals surface area contributed by atoms with Crippen molar-refractivity contribution in [2.45, 2.75) is 45.1 Å². The number of hydrogen-bond acceptors (Lipinski definition) is 3. The second kappa shape index (κ2) is 6.59. The number of benzene rings is 1. The minimum absolute atomic E-state index is 0.0359. The van der Waals surface area contributed by atoms with Crippen molar-refractivity contribution in [2.75, 3.05) is 11.4 Å². The first-order valence-corrected chi connectivity index (χ1v) is 10.1. The van der Waals surface area contributed by atoms with Gasteiger partial charge in [-0.05, 0) is 50.8 Å². The Morgan fingerprint density at radius 3 is 2.82 bits per heavy atom. The summed E-state index contributed by atoms with van der Waals surface area (Å²) in [7, 11) is 0. The van der Waals surface area contributed by atoms with Crippen molar-refractivity contribution < 1.29 is 4.79 Å². The molecule has 1 fully saturated rings. The van der Waals surface area contributed by atoms with Crippen molar-refractivity contribution in [3.63, 3.8) is 0 Å².